The van der Waals surface area contributed by atoms with Crippen LogP contribution < -0.4 is 0 Å². The third-order valence-corrected chi connectivity index (χ3v) is 6.56. The summed E-state index contributed by atoms with van der Waals surface area (Å²) in [5, 5.41) is 2.35. The van der Waals surface area contributed by atoms with Gasteiger partial charge in [0.25, 0.3) is 0 Å². The molecule has 0 aliphatic carbocycles. The monoisotopic (exact) mass is 515 g/mol. The van der Waals surface area contributed by atoms with Crippen molar-refractivity contribution in [3.8, 4) is 22.9 Å². The van der Waals surface area contributed by atoms with Gasteiger partial charge in [0.05, 0.1) is 11.0 Å². The largest absolute Gasteiger partial charge is 0.352 e. The summed E-state index contributed by atoms with van der Waals surface area (Å²) in [5.74, 6) is 6.86. The predicted molar refractivity (Wildman–Crippen MR) is 132 cm³/mol. The summed E-state index contributed by atoms with van der Waals surface area (Å²) >= 11 is 7.33. The Morgan fingerprint density at radius 2 is 1.04 bits per heavy atom. The lowest BCUT2D eigenvalue weighted by molar-refractivity contribution is 1.50. The van der Waals surface area contributed by atoms with E-state index in [1.54, 1.807) is 0 Å². The van der Waals surface area contributed by atoms with Crippen LogP contribution in [0.1, 0.15) is 11.1 Å². The van der Waals surface area contributed by atoms with Gasteiger partial charge in [0.15, 0.2) is 0 Å². The fourth-order valence-electron chi connectivity index (χ4n) is 2.74. The lowest BCUT2D eigenvalue weighted by Gasteiger charge is -2.04. The van der Waals surface area contributed by atoms with Crippen LogP contribution in [0, 0.1) is 22.9 Å². The molecule has 0 unspecified atom stereocenters. The molecule has 2 aromatic carbocycles. The number of hydrogen-bond acceptors (Lipinski definition) is 0. The van der Waals surface area contributed by atoms with Crippen molar-refractivity contribution in [2.45, 2.75) is 39.3 Å². The summed E-state index contributed by atoms with van der Waals surface area (Å²) in [6.07, 6.45) is 0. The van der Waals surface area contributed by atoms with E-state index in [1.165, 1.54) is 10.8 Å². The van der Waals surface area contributed by atoms with Gasteiger partial charge >= 0.3 is 0 Å². The van der Waals surface area contributed by atoms with Gasteiger partial charge in [0.2, 0.25) is 0 Å². The van der Waals surface area contributed by atoms with Crippen LogP contribution in [0.2, 0.25) is 39.3 Å². The number of rotatable bonds is 0. The number of nitrogens with one attached hydrogen (secondary N) is 1. The number of H-pyrrole nitrogens is 1. The Bertz CT molecular complexity index is 1080. The highest BCUT2D eigenvalue weighted by atomic mass is 79.9. The summed E-state index contributed by atoms with van der Waals surface area (Å²) in [7, 11) is -2.91. The fourth-order valence-corrected chi connectivity index (χ4v) is 4.67. The second-order valence-corrected chi connectivity index (χ2v) is 20.2. The van der Waals surface area contributed by atoms with Crippen molar-refractivity contribution in [2.24, 2.45) is 0 Å². The van der Waals surface area contributed by atoms with Gasteiger partial charge in [-0.15, -0.1) is 11.1 Å². The SMILES string of the molecule is C[Si](C)(C)C#Cc1cc(Br)cc2c1[nH]c1c(C#C[Si](C)(C)C)cc(Br)cc12. The van der Waals surface area contributed by atoms with Gasteiger partial charge in [0, 0.05) is 30.8 Å². The van der Waals surface area contributed by atoms with Crippen molar-refractivity contribution in [1.29, 1.82) is 0 Å². The molecule has 1 nitrogen and oxygen atoms in total. The summed E-state index contributed by atoms with van der Waals surface area (Å²) in [6.45, 7) is 13.6. The van der Waals surface area contributed by atoms with Gasteiger partial charge < -0.3 is 4.98 Å². The topological polar surface area (TPSA) is 15.8 Å². The number of aromatic nitrogens is 1. The second kappa shape index (κ2) is 7.30. The van der Waals surface area contributed by atoms with Crippen molar-refractivity contribution in [2.75, 3.05) is 0 Å². The number of benzene rings is 2. The molecule has 0 saturated heterocycles. The molecule has 0 radical (unpaired) electrons. The molecular weight excluding hydrogens is 494 g/mol. The van der Waals surface area contributed by atoms with Gasteiger partial charge in [-0.2, -0.15) is 0 Å². The van der Waals surface area contributed by atoms with Crippen molar-refractivity contribution < 1.29 is 0 Å². The van der Waals surface area contributed by atoms with E-state index in [-0.39, 0.29) is 0 Å². The molecular formula is C22H23Br2NSi2. The normalized spacial score (nSPS) is 11.9. The molecule has 0 saturated carbocycles. The van der Waals surface area contributed by atoms with E-state index in [4.69, 9.17) is 0 Å². The summed E-state index contributed by atoms with van der Waals surface area (Å²) in [5.41, 5.74) is 11.2. The first-order valence-electron chi connectivity index (χ1n) is 8.94. The van der Waals surface area contributed by atoms with Crippen LogP contribution in [0.15, 0.2) is 33.2 Å². The second-order valence-electron chi connectivity index (χ2n) is 8.88. The molecule has 0 fully saturated rings. The molecule has 3 rings (SSSR count). The maximum Gasteiger partial charge on any atom is 0.129 e. The van der Waals surface area contributed by atoms with E-state index in [2.05, 4.69) is 123 Å². The highest BCUT2D eigenvalue weighted by molar-refractivity contribution is 9.10. The number of aromatic amines is 1. The Hall–Kier alpha value is -1.25. The summed E-state index contributed by atoms with van der Waals surface area (Å²) < 4.78 is 2.09. The van der Waals surface area contributed by atoms with Crippen LogP contribution in [0.3, 0.4) is 0 Å². The molecule has 3 aromatic rings. The third kappa shape index (κ3) is 4.98. The quantitative estimate of drug-likeness (QED) is 0.238. The van der Waals surface area contributed by atoms with Crippen molar-refractivity contribution >= 4 is 69.8 Å². The molecule has 1 heterocycles. The highest BCUT2D eigenvalue weighted by Crippen LogP contribution is 2.34. The molecule has 0 amide bonds. The predicted octanol–water partition coefficient (Wildman–Crippen LogP) is 7.30. The Kier molecular flexibility index (Phi) is 5.54. The zero-order valence-electron chi connectivity index (χ0n) is 16.6. The van der Waals surface area contributed by atoms with E-state index < -0.39 is 16.1 Å². The van der Waals surface area contributed by atoms with Crippen molar-refractivity contribution in [3.05, 3.63) is 44.3 Å². The first-order chi connectivity index (χ1) is 12.4. The highest BCUT2D eigenvalue weighted by Gasteiger charge is 2.14. The van der Waals surface area contributed by atoms with Crippen molar-refractivity contribution in [1.82, 2.24) is 4.98 Å². The summed E-state index contributed by atoms with van der Waals surface area (Å²) in [6, 6.07) is 8.53. The molecule has 0 atom stereocenters. The Morgan fingerprint density at radius 1 is 0.667 bits per heavy atom. The van der Waals surface area contributed by atoms with E-state index in [1.807, 2.05) is 0 Å². The minimum absolute atomic E-state index is 1.04. The molecule has 0 bridgehead atoms. The molecule has 0 aliphatic rings. The molecule has 0 spiro atoms. The molecule has 1 N–H and O–H groups in total. The molecule has 0 aliphatic heterocycles. The lowest BCUT2D eigenvalue weighted by atomic mass is 10.1. The Balaban J connectivity index is 2.35. The fraction of sp³-hybridized carbons (Fsp3) is 0.273. The number of fused-ring (bicyclic) bond motifs is 3. The van der Waals surface area contributed by atoms with Gasteiger partial charge in [-0.25, -0.2) is 0 Å². The Labute approximate surface area is 180 Å². The van der Waals surface area contributed by atoms with Crippen LogP contribution in [0.25, 0.3) is 21.8 Å². The third-order valence-electron chi connectivity index (χ3n) is 3.89. The van der Waals surface area contributed by atoms with Crippen LogP contribution >= 0.6 is 31.9 Å². The molecule has 1 aromatic heterocycles. The van der Waals surface area contributed by atoms with Gasteiger partial charge in [-0.3, -0.25) is 0 Å². The average molecular weight is 517 g/mol. The van der Waals surface area contributed by atoms with E-state index in [0.717, 1.165) is 31.1 Å². The maximum absolute atomic E-state index is 3.66. The van der Waals surface area contributed by atoms with Crippen LogP contribution in [0.4, 0.5) is 0 Å². The minimum Gasteiger partial charge on any atom is -0.352 e. The van der Waals surface area contributed by atoms with Gasteiger partial charge in [-0.1, -0.05) is 83.0 Å². The smallest absolute Gasteiger partial charge is 0.129 e. The van der Waals surface area contributed by atoms with Gasteiger partial charge in [0.1, 0.15) is 16.1 Å². The van der Waals surface area contributed by atoms with Crippen LogP contribution in [-0.2, 0) is 0 Å². The van der Waals surface area contributed by atoms with E-state index in [9.17, 15) is 0 Å². The standard InChI is InChI=1S/C22H23Br2NSi2/c1-26(2,3)9-7-15-11-17(23)13-19-20-14-18(24)12-16(8-10-27(4,5)6)22(20)25-21(15)19/h11-14,25H,1-6H3. The van der Waals surface area contributed by atoms with E-state index >= 15 is 0 Å². The van der Waals surface area contributed by atoms with Crippen LogP contribution in [-0.4, -0.2) is 21.1 Å². The lowest BCUT2D eigenvalue weighted by Crippen LogP contribution is -2.16. The average Bonchev–Trinajstić information content (AvgIpc) is 2.87. The van der Waals surface area contributed by atoms with E-state index in [0.29, 0.717) is 0 Å². The Morgan fingerprint density at radius 3 is 1.37 bits per heavy atom. The first kappa shape index (κ1) is 20.5. The molecule has 138 valence electrons. The first-order valence-corrected chi connectivity index (χ1v) is 17.5. The van der Waals surface area contributed by atoms with Crippen LogP contribution in [0.5, 0.6) is 0 Å². The molecule has 27 heavy (non-hydrogen) atoms. The van der Waals surface area contributed by atoms with Gasteiger partial charge in [-0.05, 0) is 24.3 Å². The zero-order chi connectivity index (χ0) is 20.0. The number of hydrogen-bond donors (Lipinski definition) is 1. The van der Waals surface area contributed by atoms with Crippen molar-refractivity contribution in [3.63, 3.8) is 0 Å². The summed E-state index contributed by atoms with van der Waals surface area (Å²) in [4.78, 5) is 3.63. The number of halogens is 2. The minimum atomic E-state index is -1.45. The molecule has 5 heteroatoms. The maximum atomic E-state index is 3.66. The zero-order valence-corrected chi connectivity index (χ0v) is 21.7.